The Labute approximate surface area is 172 Å². The number of hydrogen-bond donors (Lipinski definition) is 1. The van der Waals surface area contributed by atoms with Crippen molar-refractivity contribution in [3.8, 4) is 5.75 Å². The normalized spacial score (nSPS) is 12.7. The Kier molecular flexibility index (Phi) is 6.91. The summed E-state index contributed by atoms with van der Waals surface area (Å²) < 4.78 is 32.1. The summed E-state index contributed by atoms with van der Waals surface area (Å²) >= 11 is 9.41. The third kappa shape index (κ3) is 5.22. The highest BCUT2D eigenvalue weighted by molar-refractivity contribution is 9.10. The van der Waals surface area contributed by atoms with Crippen molar-refractivity contribution in [2.24, 2.45) is 0 Å². The lowest BCUT2D eigenvalue weighted by Crippen LogP contribution is -2.30. The van der Waals surface area contributed by atoms with Crippen LogP contribution < -0.4 is 10.1 Å². The lowest BCUT2D eigenvalue weighted by Gasteiger charge is -2.18. The van der Waals surface area contributed by atoms with Gasteiger partial charge in [0.05, 0.1) is 9.92 Å². The number of nitrogens with one attached hydrogen (secondary N) is 1. The zero-order valence-corrected chi connectivity index (χ0v) is 18.4. The minimum atomic E-state index is -3.60. The lowest BCUT2D eigenvalue weighted by molar-refractivity contribution is -0.122. The predicted molar refractivity (Wildman–Crippen MR) is 110 cm³/mol. The molecule has 0 radical (unpaired) electrons. The highest BCUT2D eigenvalue weighted by Gasteiger charge is 2.21. The standard InChI is InChI=1S/C18H20BrClN2O4S/c1-11-5-7-14(27(24,25)22(3)4)10-16(11)21-18(23)12(2)26-17-8-6-13(19)9-15(17)20/h5-10,12H,1-4H3,(H,21,23). The Morgan fingerprint density at radius 1 is 1.22 bits per heavy atom. The van der Waals surface area contributed by atoms with Crippen molar-refractivity contribution < 1.29 is 17.9 Å². The molecule has 2 aromatic carbocycles. The van der Waals surface area contributed by atoms with Crippen LogP contribution in [-0.2, 0) is 14.8 Å². The van der Waals surface area contributed by atoms with Crippen molar-refractivity contribution in [3.05, 3.63) is 51.5 Å². The molecule has 1 N–H and O–H groups in total. The smallest absolute Gasteiger partial charge is 0.265 e. The number of hydrogen-bond acceptors (Lipinski definition) is 4. The Bertz CT molecular complexity index is 964. The second-order valence-corrected chi connectivity index (χ2v) is 9.56. The maximum absolute atomic E-state index is 12.5. The number of sulfonamides is 1. The minimum Gasteiger partial charge on any atom is -0.479 e. The molecule has 27 heavy (non-hydrogen) atoms. The molecule has 0 saturated carbocycles. The van der Waals surface area contributed by atoms with Crippen molar-refractivity contribution in [2.45, 2.75) is 24.8 Å². The molecule has 1 atom stereocenters. The number of aryl methyl sites for hydroxylation is 1. The Morgan fingerprint density at radius 3 is 2.48 bits per heavy atom. The number of carbonyl (C=O) groups is 1. The van der Waals surface area contributed by atoms with Crippen LogP contribution in [0.25, 0.3) is 0 Å². The molecular formula is C18H20BrClN2O4S. The highest BCUT2D eigenvalue weighted by atomic mass is 79.9. The molecule has 1 amide bonds. The predicted octanol–water partition coefficient (Wildman–Crippen LogP) is 4.07. The zero-order chi connectivity index (χ0) is 20.4. The molecule has 0 aromatic heterocycles. The van der Waals surface area contributed by atoms with E-state index in [1.54, 1.807) is 38.1 Å². The molecule has 1 unspecified atom stereocenters. The number of benzene rings is 2. The molecule has 0 heterocycles. The van der Waals surface area contributed by atoms with Gasteiger partial charge in [0.25, 0.3) is 5.91 Å². The first-order chi connectivity index (χ1) is 12.5. The first kappa shape index (κ1) is 21.7. The molecule has 6 nitrogen and oxygen atoms in total. The van der Waals surface area contributed by atoms with Gasteiger partial charge in [-0.05, 0) is 49.7 Å². The zero-order valence-electron chi connectivity index (χ0n) is 15.3. The SMILES string of the molecule is Cc1ccc(S(=O)(=O)N(C)C)cc1NC(=O)C(C)Oc1ccc(Br)cc1Cl. The fourth-order valence-corrected chi connectivity index (χ4v) is 3.80. The molecule has 0 aliphatic heterocycles. The van der Waals surface area contributed by atoms with Crippen molar-refractivity contribution in [1.82, 2.24) is 4.31 Å². The van der Waals surface area contributed by atoms with E-state index in [4.69, 9.17) is 16.3 Å². The monoisotopic (exact) mass is 474 g/mol. The van der Waals surface area contributed by atoms with Gasteiger partial charge >= 0.3 is 0 Å². The van der Waals surface area contributed by atoms with Crippen LogP contribution >= 0.6 is 27.5 Å². The van der Waals surface area contributed by atoms with Crippen LogP contribution in [0.2, 0.25) is 5.02 Å². The van der Waals surface area contributed by atoms with Gasteiger partial charge in [-0.2, -0.15) is 0 Å². The van der Waals surface area contributed by atoms with E-state index in [0.29, 0.717) is 16.5 Å². The summed E-state index contributed by atoms with van der Waals surface area (Å²) in [6, 6.07) is 9.66. The summed E-state index contributed by atoms with van der Waals surface area (Å²) in [7, 11) is -0.702. The summed E-state index contributed by atoms with van der Waals surface area (Å²) in [6.45, 7) is 3.36. The number of halogens is 2. The second-order valence-electron chi connectivity index (χ2n) is 6.09. The van der Waals surface area contributed by atoms with Gasteiger partial charge in [0.15, 0.2) is 6.10 Å². The van der Waals surface area contributed by atoms with Crippen LogP contribution in [0, 0.1) is 6.92 Å². The third-order valence-corrected chi connectivity index (χ3v) is 6.41. The number of amides is 1. The summed E-state index contributed by atoms with van der Waals surface area (Å²) in [5.41, 5.74) is 1.13. The Morgan fingerprint density at radius 2 is 1.89 bits per heavy atom. The quantitative estimate of drug-likeness (QED) is 0.683. The number of carbonyl (C=O) groups excluding carboxylic acids is 1. The second kappa shape index (κ2) is 8.60. The highest BCUT2D eigenvalue weighted by Crippen LogP contribution is 2.29. The molecule has 0 fully saturated rings. The van der Waals surface area contributed by atoms with Crippen LogP contribution in [0.3, 0.4) is 0 Å². The largest absolute Gasteiger partial charge is 0.479 e. The van der Waals surface area contributed by atoms with Crippen LogP contribution in [-0.4, -0.2) is 38.8 Å². The van der Waals surface area contributed by atoms with Gasteiger partial charge < -0.3 is 10.1 Å². The number of anilines is 1. The molecule has 0 aliphatic rings. The molecule has 0 spiro atoms. The maximum Gasteiger partial charge on any atom is 0.265 e. The van der Waals surface area contributed by atoms with Crippen molar-refractivity contribution in [3.63, 3.8) is 0 Å². The fraction of sp³-hybridized carbons (Fsp3) is 0.278. The molecule has 2 rings (SSSR count). The van der Waals surface area contributed by atoms with Crippen LogP contribution in [0.4, 0.5) is 5.69 Å². The molecule has 0 saturated heterocycles. The topological polar surface area (TPSA) is 75.7 Å². The van der Waals surface area contributed by atoms with Crippen molar-refractivity contribution in [1.29, 1.82) is 0 Å². The molecule has 0 bridgehead atoms. The molecular weight excluding hydrogens is 456 g/mol. The van der Waals surface area contributed by atoms with Gasteiger partial charge in [0.1, 0.15) is 5.75 Å². The van der Waals surface area contributed by atoms with E-state index in [1.807, 2.05) is 0 Å². The summed E-state index contributed by atoms with van der Waals surface area (Å²) in [5, 5.41) is 3.09. The van der Waals surface area contributed by atoms with E-state index >= 15 is 0 Å². The van der Waals surface area contributed by atoms with E-state index in [2.05, 4.69) is 21.2 Å². The Hall–Kier alpha value is -1.61. The van der Waals surface area contributed by atoms with Gasteiger partial charge in [-0.15, -0.1) is 0 Å². The minimum absolute atomic E-state index is 0.0953. The van der Waals surface area contributed by atoms with Gasteiger partial charge in [-0.3, -0.25) is 4.79 Å². The summed E-state index contributed by atoms with van der Waals surface area (Å²) in [5.74, 6) is -0.0420. The van der Waals surface area contributed by atoms with Gasteiger partial charge in [-0.25, -0.2) is 12.7 Å². The number of rotatable bonds is 6. The first-order valence-electron chi connectivity index (χ1n) is 7.98. The van der Waals surface area contributed by atoms with Crippen LogP contribution in [0.5, 0.6) is 5.75 Å². The Balaban J connectivity index is 2.19. The number of ether oxygens (including phenoxy) is 1. The van der Waals surface area contributed by atoms with E-state index in [1.165, 1.54) is 26.2 Å². The summed E-state index contributed by atoms with van der Waals surface area (Å²) in [6.07, 6.45) is -0.836. The molecule has 146 valence electrons. The molecule has 9 heteroatoms. The van der Waals surface area contributed by atoms with E-state index in [9.17, 15) is 13.2 Å². The number of nitrogens with zero attached hydrogens (tertiary/aromatic N) is 1. The van der Waals surface area contributed by atoms with E-state index in [-0.39, 0.29) is 4.90 Å². The van der Waals surface area contributed by atoms with Gasteiger partial charge in [0.2, 0.25) is 10.0 Å². The average Bonchev–Trinajstić information content (AvgIpc) is 2.58. The van der Waals surface area contributed by atoms with Gasteiger partial charge in [-0.1, -0.05) is 33.6 Å². The third-order valence-electron chi connectivity index (χ3n) is 3.81. The fourth-order valence-electron chi connectivity index (χ4n) is 2.16. The molecule has 2 aromatic rings. The maximum atomic E-state index is 12.5. The van der Waals surface area contributed by atoms with Crippen LogP contribution in [0.15, 0.2) is 45.8 Å². The lowest BCUT2D eigenvalue weighted by atomic mass is 10.2. The van der Waals surface area contributed by atoms with E-state index in [0.717, 1.165) is 14.3 Å². The van der Waals surface area contributed by atoms with Crippen molar-refractivity contribution in [2.75, 3.05) is 19.4 Å². The molecule has 0 aliphatic carbocycles. The first-order valence-corrected chi connectivity index (χ1v) is 10.6. The van der Waals surface area contributed by atoms with Crippen molar-refractivity contribution >= 4 is 49.1 Å². The summed E-state index contributed by atoms with van der Waals surface area (Å²) in [4.78, 5) is 12.6. The average molecular weight is 476 g/mol. The van der Waals surface area contributed by atoms with E-state index < -0.39 is 22.0 Å². The van der Waals surface area contributed by atoms with Gasteiger partial charge in [0, 0.05) is 24.3 Å². The van der Waals surface area contributed by atoms with Crippen LogP contribution in [0.1, 0.15) is 12.5 Å².